The lowest BCUT2D eigenvalue weighted by molar-refractivity contribution is -0.112. The van der Waals surface area contributed by atoms with Crippen molar-refractivity contribution >= 4 is 59.7 Å². The number of oxime groups is 2. The van der Waals surface area contributed by atoms with E-state index in [1.165, 1.54) is 6.20 Å². The van der Waals surface area contributed by atoms with Crippen LogP contribution >= 0.6 is 31.9 Å². The number of halogens is 2. The van der Waals surface area contributed by atoms with Gasteiger partial charge < -0.3 is 24.5 Å². The standard InChI is InChI=1S/C8H13BrN2O3.C7H13NO2.C4H5BrN2O2/c1-8(2,3)13-7(12)10-6-4-5(9)11-14-6;1-5-8-6(9)10-7(2,3)4;5-3-1-4(6-2-8)9-7-3/h6H,4H2,1-3H3,(H,10,12);5H,1H2,2-4H3,(H,8,9);2,4H,1H2,(H,6,8). The highest BCUT2D eigenvalue weighted by Crippen LogP contribution is 2.13. The Labute approximate surface area is 210 Å². The largest absolute Gasteiger partial charge is 0.444 e. The third-order valence-electron chi connectivity index (χ3n) is 2.82. The zero-order chi connectivity index (χ0) is 25.7. The lowest BCUT2D eigenvalue weighted by Crippen LogP contribution is -2.39. The lowest BCUT2D eigenvalue weighted by Gasteiger charge is -2.20. The number of hydrogen-bond donors (Lipinski definition) is 3. The van der Waals surface area contributed by atoms with Crippen molar-refractivity contribution in [2.24, 2.45) is 10.3 Å². The Hall–Kier alpha value is -2.35. The van der Waals surface area contributed by atoms with Gasteiger partial charge in [-0.1, -0.05) is 16.9 Å². The van der Waals surface area contributed by atoms with Crippen LogP contribution in [0, 0.1) is 0 Å². The summed E-state index contributed by atoms with van der Waals surface area (Å²) in [7, 11) is 0. The number of carbonyl (C=O) groups is 3. The molecule has 12 nitrogen and oxygen atoms in total. The van der Waals surface area contributed by atoms with Crippen molar-refractivity contribution in [2.45, 2.75) is 78.0 Å². The Kier molecular flexibility index (Phi) is 13.7. The fourth-order valence-electron chi connectivity index (χ4n) is 1.77. The molecule has 3 N–H and O–H groups in total. The lowest BCUT2D eigenvalue weighted by atomic mass is 10.2. The Morgan fingerprint density at radius 2 is 1.42 bits per heavy atom. The highest BCUT2D eigenvalue weighted by atomic mass is 79.9. The number of amides is 3. The van der Waals surface area contributed by atoms with Crippen molar-refractivity contribution in [3.63, 3.8) is 0 Å². The van der Waals surface area contributed by atoms with E-state index in [0.717, 1.165) is 4.62 Å². The van der Waals surface area contributed by atoms with Crippen molar-refractivity contribution in [1.82, 2.24) is 16.0 Å². The van der Waals surface area contributed by atoms with Crippen LogP contribution in [0.3, 0.4) is 0 Å². The average Bonchev–Trinajstić information content (AvgIpc) is 3.21. The van der Waals surface area contributed by atoms with Gasteiger partial charge in [0.05, 0.1) is 12.8 Å². The van der Waals surface area contributed by atoms with Gasteiger partial charge in [-0.15, -0.1) is 0 Å². The van der Waals surface area contributed by atoms with E-state index in [2.05, 4.69) is 64.7 Å². The second-order valence-corrected chi connectivity index (χ2v) is 10.1. The minimum Gasteiger partial charge on any atom is -0.444 e. The summed E-state index contributed by atoms with van der Waals surface area (Å²) < 4.78 is 11.3. The maximum atomic E-state index is 11.2. The molecule has 0 aromatic rings. The molecule has 0 spiro atoms. The molecule has 2 rings (SSSR count). The summed E-state index contributed by atoms with van der Waals surface area (Å²) in [5, 5.41) is 14.4. The van der Waals surface area contributed by atoms with Gasteiger partial charge >= 0.3 is 12.2 Å². The minimum absolute atomic E-state index is 0.281. The molecule has 33 heavy (non-hydrogen) atoms. The zero-order valence-corrected chi connectivity index (χ0v) is 22.6. The predicted molar refractivity (Wildman–Crippen MR) is 130 cm³/mol. The molecule has 14 heteroatoms. The molecule has 0 saturated heterocycles. The van der Waals surface area contributed by atoms with E-state index in [1.807, 2.05) is 0 Å². The molecule has 0 bridgehead atoms. The molecule has 0 aliphatic carbocycles. The molecule has 0 radical (unpaired) electrons. The van der Waals surface area contributed by atoms with Crippen LogP contribution in [0.15, 0.2) is 23.1 Å². The van der Waals surface area contributed by atoms with E-state index < -0.39 is 29.6 Å². The van der Waals surface area contributed by atoms with E-state index in [-0.39, 0.29) is 6.23 Å². The van der Waals surface area contributed by atoms with Crippen molar-refractivity contribution in [3.05, 3.63) is 12.8 Å². The molecular formula is C19H31Br2N5O7. The number of carbonyl (C=O) groups excluding carboxylic acids is 3. The number of nitrogens with one attached hydrogen (secondary N) is 3. The summed E-state index contributed by atoms with van der Waals surface area (Å²) >= 11 is 6.28. The molecule has 2 atom stereocenters. The monoisotopic (exact) mass is 599 g/mol. The summed E-state index contributed by atoms with van der Waals surface area (Å²) in [5.41, 5.74) is -0.937. The van der Waals surface area contributed by atoms with Crippen LogP contribution in [-0.2, 0) is 23.9 Å². The number of alkyl carbamates (subject to hydrolysis) is 2. The van der Waals surface area contributed by atoms with Crippen LogP contribution in [0.4, 0.5) is 9.59 Å². The van der Waals surface area contributed by atoms with Gasteiger partial charge in [0.2, 0.25) is 18.9 Å². The topological polar surface area (TPSA) is 149 Å². The molecule has 2 aliphatic heterocycles. The first-order valence-electron chi connectivity index (χ1n) is 9.71. The average molecular weight is 601 g/mol. The van der Waals surface area contributed by atoms with Crippen molar-refractivity contribution in [1.29, 1.82) is 0 Å². The Balaban J connectivity index is 0.000000481. The van der Waals surface area contributed by atoms with Gasteiger partial charge in [-0.3, -0.25) is 15.4 Å². The second kappa shape index (κ2) is 14.7. The van der Waals surface area contributed by atoms with Crippen LogP contribution in [0.5, 0.6) is 0 Å². The van der Waals surface area contributed by atoms with E-state index in [4.69, 9.17) is 19.1 Å². The second-order valence-electron chi connectivity index (χ2n) is 8.31. The van der Waals surface area contributed by atoms with Crippen molar-refractivity contribution in [3.8, 4) is 0 Å². The SMILES string of the molecule is C=CNC(=O)OC(C)(C)C.CC(C)(C)OC(=O)NC1CC(Br)=NO1.O=CNC1CC(Br)=NO1. The molecule has 0 aromatic carbocycles. The Bertz CT molecular complexity index is 733. The predicted octanol–water partition coefficient (Wildman–Crippen LogP) is 3.81. The van der Waals surface area contributed by atoms with E-state index in [9.17, 15) is 14.4 Å². The van der Waals surface area contributed by atoms with Crippen molar-refractivity contribution < 1.29 is 33.5 Å². The number of rotatable bonds is 4. The van der Waals surface area contributed by atoms with Crippen LogP contribution in [0.25, 0.3) is 0 Å². The summed E-state index contributed by atoms with van der Waals surface area (Å²) in [6.45, 7) is 14.1. The quantitative estimate of drug-likeness (QED) is 0.415. The zero-order valence-electron chi connectivity index (χ0n) is 19.4. The molecule has 0 aromatic heterocycles. The molecule has 0 fully saturated rings. The highest BCUT2D eigenvalue weighted by Gasteiger charge is 2.24. The Morgan fingerprint density at radius 3 is 1.79 bits per heavy atom. The van der Waals surface area contributed by atoms with Crippen LogP contribution in [0.1, 0.15) is 54.4 Å². The molecule has 3 amide bonds. The summed E-state index contributed by atoms with van der Waals surface area (Å²) in [4.78, 5) is 41.3. The smallest absolute Gasteiger partial charge is 0.411 e. The van der Waals surface area contributed by atoms with Gasteiger partial charge in [-0.2, -0.15) is 0 Å². The third-order valence-corrected chi connectivity index (χ3v) is 3.75. The summed E-state index contributed by atoms with van der Waals surface area (Å²) in [6, 6.07) is 0. The number of hydrogen-bond acceptors (Lipinski definition) is 9. The fourth-order valence-corrected chi connectivity index (χ4v) is 2.52. The summed E-state index contributed by atoms with van der Waals surface area (Å²) in [6.07, 6.45) is 1.33. The fraction of sp³-hybridized carbons (Fsp3) is 0.632. The van der Waals surface area contributed by atoms with Crippen LogP contribution < -0.4 is 16.0 Å². The molecular weight excluding hydrogens is 570 g/mol. The first-order chi connectivity index (χ1) is 15.1. The normalized spacial score (nSPS) is 18.8. The molecule has 2 heterocycles. The first kappa shape index (κ1) is 30.6. The molecule has 188 valence electrons. The maximum Gasteiger partial charge on any atom is 0.411 e. The Morgan fingerprint density at radius 1 is 0.970 bits per heavy atom. The molecule has 0 saturated carbocycles. The molecule has 2 aliphatic rings. The first-order valence-corrected chi connectivity index (χ1v) is 11.3. The maximum absolute atomic E-state index is 11.2. The number of ether oxygens (including phenoxy) is 2. The number of nitrogens with zero attached hydrogens (tertiary/aromatic N) is 2. The summed E-state index contributed by atoms with van der Waals surface area (Å²) in [5.74, 6) is 0. The van der Waals surface area contributed by atoms with Gasteiger partial charge in [-0.05, 0) is 79.6 Å². The van der Waals surface area contributed by atoms with Crippen molar-refractivity contribution in [2.75, 3.05) is 0 Å². The van der Waals surface area contributed by atoms with Gasteiger partial charge in [0.25, 0.3) is 0 Å². The van der Waals surface area contributed by atoms with Gasteiger partial charge in [0.1, 0.15) is 20.4 Å². The van der Waals surface area contributed by atoms with Gasteiger partial charge in [0.15, 0.2) is 0 Å². The van der Waals surface area contributed by atoms with E-state index in [1.54, 1.807) is 41.5 Å². The van der Waals surface area contributed by atoms with Gasteiger partial charge in [0, 0.05) is 0 Å². The van der Waals surface area contributed by atoms with E-state index >= 15 is 0 Å². The van der Waals surface area contributed by atoms with Gasteiger partial charge in [-0.25, -0.2) is 9.59 Å². The molecule has 2 unspecified atom stereocenters. The third kappa shape index (κ3) is 17.8. The van der Waals surface area contributed by atoms with Crippen LogP contribution in [-0.4, -0.2) is 51.5 Å². The highest BCUT2D eigenvalue weighted by molar-refractivity contribution is 9.18. The minimum atomic E-state index is -0.500. The van der Waals surface area contributed by atoms with E-state index in [0.29, 0.717) is 23.9 Å². The van der Waals surface area contributed by atoms with Crippen LogP contribution in [0.2, 0.25) is 0 Å².